The number of hydrogen-bond acceptors (Lipinski definition) is 6. The lowest BCUT2D eigenvalue weighted by Crippen LogP contribution is -2.57. The molecule has 2 heterocycles. The van der Waals surface area contributed by atoms with Gasteiger partial charge >= 0.3 is 0 Å². The topological polar surface area (TPSA) is 130 Å². The van der Waals surface area contributed by atoms with E-state index in [0.29, 0.717) is 28.6 Å². The van der Waals surface area contributed by atoms with Gasteiger partial charge in [0.25, 0.3) is 5.91 Å². The van der Waals surface area contributed by atoms with Gasteiger partial charge in [-0.1, -0.05) is 76.6 Å². The maximum Gasteiger partial charge on any atom is 0.258 e. The van der Waals surface area contributed by atoms with Crippen LogP contribution in [0.3, 0.4) is 0 Å². The van der Waals surface area contributed by atoms with E-state index in [1.54, 1.807) is 28.8 Å². The lowest BCUT2D eigenvalue weighted by Gasteiger charge is -2.40. The molecular formula is C27H41ClN6O4S. The Morgan fingerprint density at radius 1 is 1.08 bits per heavy atom. The van der Waals surface area contributed by atoms with Crippen LogP contribution in [-0.4, -0.2) is 52.0 Å². The maximum absolute atomic E-state index is 13.0. The van der Waals surface area contributed by atoms with Crippen molar-refractivity contribution in [2.45, 2.75) is 91.0 Å². The number of benzene rings is 1. The molecule has 0 aliphatic heterocycles. The first-order valence-corrected chi connectivity index (χ1v) is 15.4. The minimum Gasteiger partial charge on any atom is -0.482 e. The van der Waals surface area contributed by atoms with Gasteiger partial charge in [-0.3, -0.25) is 14.6 Å². The third-order valence-electron chi connectivity index (χ3n) is 7.32. The Balaban J connectivity index is 1.61. The molecule has 1 amide bonds. The number of H-pyrrole nitrogens is 1. The van der Waals surface area contributed by atoms with Gasteiger partial charge in [0.1, 0.15) is 10.8 Å². The highest BCUT2D eigenvalue weighted by Gasteiger charge is 2.43. The standard InChI is InChI=1S/C27H41ClN6O4S/c1-7-8-9-10-11-14-17-39(36,37)33-20-15-12-13-16-21(20)38-18-22(35)29-27(5,6)26(3,4)25-31-30-24-23(28)19(2)32-34(24)25/h12-13,15-16,32-33H,7-11,14,17-18H2,1-6H3,(H,29,35). The van der Waals surface area contributed by atoms with Crippen LogP contribution in [-0.2, 0) is 20.2 Å². The molecule has 0 fully saturated rings. The number of fused-ring (bicyclic) bond motifs is 1. The van der Waals surface area contributed by atoms with E-state index in [1.807, 2.05) is 34.6 Å². The van der Waals surface area contributed by atoms with Crippen molar-refractivity contribution in [2.75, 3.05) is 17.1 Å². The molecule has 0 aliphatic rings. The summed E-state index contributed by atoms with van der Waals surface area (Å²) < 4.78 is 35.4. The second kappa shape index (κ2) is 12.6. The lowest BCUT2D eigenvalue weighted by molar-refractivity contribution is -0.125. The average molecular weight is 581 g/mol. The number of aromatic nitrogens is 4. The number of carbonyl (C=O) groups excluding carboxylic acids is 1. The second-order valence-corrected chi connectivity index (χ2v) is 13.2. The minimum atomic E-state index is -3.54. The summed E-state index contributed by atoms with van der Waals surface area (Å²) in [6, 6.07) is 6.70. The first-order valence-electron chi connectivity index (χ1n) is 13.4. The molecule has 216 valence electrons. The van der Waals surface area contributed by atoms with E-state index < -0.39 is 21.0 Å². The molecule has 1 aromatic carbocycles. The Morgan fingerprint density at radius 3 is 2.46 bits per heavy atom. The van der Waals surface area contributed by atoms with E-state index in [0.717, 1.165) is 31.4 Å². The lowest BCUT2D eigenvalue weighted by atomic mass is 9.73. The molecular weight excluding hydrogens is 540 g/mol. The highest BCUT2D eigenvalue weighted by atomic mass is 35.5. The number of hydrogen-bond donors (Lipinski definition) is 3. The van der Waals surface area contributed by atoms with Crippen molar-refractivity contribution < 1.29 is 17.9 Å². The fraction of sp³-hybridized carbons (Fsp3) is 0.593. The molecule has 0 atom stereocenters. The van der Waals surface area contributed by atoms with Crippen molar-refractivity contribution >= 4 is 38.9 Å². The van der Waals surface area contributed by atoms with Gasteiger partial charge in [-0.25, -0.2) is 12.9 Å². The number of aromatic amines is 1. The van der Waals surface area contributed by atoms with Crippen molar-refractivity contribution in [1.29, 1.82) is 0 Å². The number of unbranched alkanes of at least 4 members (excludes halogenated alkanes) is 5. The van der Waals surface area contributed by atoms with Gasteiger partial charge in [-0.05, 0) is 39.3 Å². The Kier molecular flexibility index (Phi) is 9.93. The average Bonchev–Trinajstić information content (AvgIpc) is 3.39. The quantitative estimate of drug-likeness (QED) is 0.207. The highest BCUT2D eigenvalue weighted by molar-refractivity contribution is 7.92. The maximum atomic E-state index is 13.0. The van der Waals surface area contributed by atoms with E-state index in [9.17, 15) is 13.2 Å². The van der Waals surface area contributed by atoms with Gasteiger partial charge in [-0.15, -0.1) is 10.2 Å². The summed E-state index contributed by atoms with van der Waals surface area (Å²) in [5.74, 6) is 0.577. The number of anilines is 1. The summed E-state index contributed by atoms with van der Waals surface area (Å²) in [6.45, 7) is 11.4. The molecule has 0 saturated heterocycles. The van der Waals surface area contributed by atoms with Crippen LogP contribution >= 0.6 is 11.6 Å². The van der Waals surface area contributed by atoms with Gasteiger partial charge < -0.3 is 10.1 Å². The Bertz CT molecular complexity index is 1380. The van der Waals surface area contributed by atoms with E-state index in [1.165, 1.54) is 6.42 Å². The van der Waals surface area contributed by atoms with Crippen molar-refractivity contribution in [1.82, 2.24) is 25.1 Å². The van der Waals surface area contributed by atoms with Crippen LogP contribution in [0.1, 0.15) is 84.7 Å². The zero-order valence-electron chi connectivity index (χ0n) is 23.7. The normalized spacial score (nSPS) is 12.6. The Morgan fingerprint density at radius 2 is 1.74 bits per heavy atom. The van der Waals surface area contributed by atoms with Crippen LogP contribution in [0.5, 0.6) is 5.75 Å². The number of rotatable bonds is 15. The van der Waals surface area contributed by atoms with Gasteiger partial charge in [-0.2, -0.15) is 0 Å². The van der Waals surface area contributed by atoms with Crippen LogP contribution in [0.2, 0.25) is 5.02 Å². The van der Waals surface area contributed by atoms with E-state index in [4.69, 9.17) is 16.3 Å². The van der Waals surface area contributed by atoms with Crippen LogP contribution in [0, 0.1) is 6.92 Å². The Labute approximate surface area is 236 Å². The number of halogens is 1. The summed E-state index contributed by atoms with van der Waals surface area (Å²) in [6.07, 6.45) is 5.96. The fourth-order valence-corrected chi connectivity index (χ4v) is 5.61. The third kappa shape index (κ3) is 7.45. The van der Waals surface area contributed by atoms with E-state index in [-0.39, 0.29) is 24.0 Å². The highest BCUT2D eigenvalue weighted by Crippen LogP contribution is 2.35. The van der Waals surface area contributed by atoms with Crippen molar-refractivity contribution in [2.24, 2.45) is 0 Å². The van der Waals surface area contributed by atoms with Crippen LogP contribution < -0.4 is 14.8 Å². The van der Waals surface area contributed by atoms with Crippen LogP contribution in [0.4, 0.5) is 5.69 Å². The smallest absolute Gasteiger partial charge is 0.258 e. The molecule has 3 N–H and O–H groups in total. The number of ether oxygens (including phenoxy) is 1. The number of carbonyl (C=O) groups is 1. The predicted octanol–water partition coefficient (Wildman–Crippen LogP) is 5.37. The molecule has 10 nitrogen and oxygen atoms in total. The largest absolute Gasteiger partial charge is 0.482 e. The summed E-state index contributed by atoms with van der Waals surface area (Å²) in [4.78, 5) is 13.0. The molecule has 0 radical (unpaired) electrons. The first-order chi connectivity index (χ1) is 18.3. The number of nitrogens with one attached hydrogen (secondary N) is 3. The van der Waals surface area contributed by atoms with Crippen LogP contribution in [0.15, 0.2) is 24.3 Å². The molecule has 0 bridgehead atoms. The van der Waals surface area contributed by atoms with Crippen molar-refractivity contribution in [3.63, 3.8) is 0 Å². The fourth-order valence-electron chi connectivity index (χ4n) is 4.25. The zero-order valence-corrected chi connectivity index (χ0v) is 25.3. The molecule has 0 saturated carbocycles. The number of sulfonamides is 1. The predicted molar refractivity (Wildman–Crippen MR) is 155 cm³/mol. The van der Waals surface area contributed by atoms with Gasteiger partial charge in [0.05, 0.1) is 17.1 Å². The molecule has 0 unspecified atom stereocenters. The van der Waals surface area contributed by atoms with Gasteiger partial charge in [0.2, 0.25) is 10.0 Å². The summed E-state index contributed by atoms with van der Waals surface area (Å²) in [7, 11) is -3.54. The Hall–Kier alpha value is -2.79. The number of nitrogens with zero attached hydrogens (tertiary/aromatic N) is 3. The molecule has 0 aliphatic carbocycles. The summed E-state index contributed by atoms with van der Waals surface area (Å²) in [5.41, 5.74) is 0.182. The monoisotopic (exact) mass is 580 g/mol. The first kappa shape index (κ1) is 30.7. The zero-order chi connectivity index (χ0) is 28.8. The number of para-hydroxylation sites is 2. The number of amides is 1. The van der Waals surface area contributed by atoms with E-state index >= 15 is 0 Å². The second-order valence-electron chi connectivity index (χ2n) is 11.0. The molecule has 39 heavy (non-hydrogen) atoms. The van der Waals surface area contributed by atoms with Crippen molar-refractivity contribution in [3.05, 3.63) is 40.8 Å². The molecule has 12 heteroatoms. The van der Waals surface area contributed by atoms with Crippen molar-refractivity contribution in [3.8, 4) is 5.75 Å². The SMILES string of the molecule is CCCCCCCCS(=O)(=O)Nc1ccccc1OCC(=O)NC(C)(C)C(C)(C)c1nnc2c(Cl)c(C)[nH]n12. The molecule has 0 spiro atoms. The van der Waals surface area contributed by atoms with E-state index in [2.05, 4.69) is 32.3 Å². The molecule has 3 rings (SSSR count). The number of aryl methyl sites for hydroxylation is 1. The summed E-state index contributed by atoms with van der Waals surface area (Å²) >= 11 is 6.32. The van der Waals surface area contributed by atoms with Gasteiger partial charge in [0.15, 0.2) is 18.1 Å². The van der Waals surface area contributed by atoms with Crippen LogP contribution in [0.25, 0.3) is 5.65 Å². The molecule has 2 aromatic heterocycles. The third-order valence-corrected chi connectivity index (χ3v) is 9.13. The molecule has 3 aromatic rings. The minimum absolute atomic E-state index is 0.0403. The van der Waals surface area contributed by atoms with Gasteiger partial charge in [0, 0.05) is 11.0 Å². The summed E-state index contributed by atoms with van der Waals surface area (Å²) in [5, 5.41) is 15.2.